The Balaban J connectivity index is 1.94. The summed E-state index contributed by atoms with van der Waals surface area (Å²) in [5, 5.41) is 21.4. The molecule has 0 bridgehead atoms. The summed E-state index contributed by atoms with van der Waals surface area (Å²) in [5.74, 6) is -2.09. The Morgan fingerprint density at radius 1 is 1.04 bits per heavy atom. The minimum absolute atomic E-state index is 0.0197. The molecule has 3 rings (SSSR count). The molecule has 0 N–H and O–H groups in total. The van der Waals surface area contributed by atoms with E-state index in [1.165, 1.54) is 49.4 Å². The summed E-state index contributed by atoms with van der Waals surface area (Å²) in [4.78, 5) is 33.9. The lowest BCUT2D eigenvalue weighted by atomic mass is 10.2. The first-order valence-electron chi connectivity index (χ1n) is 7.74. The van der Waals surface area contributed by atoms with Crippen molar-refractivity contribution in [3.8, 4) is 17.2 Å². The van der Waals surface area contributed by atoms with Crippen molar-refractivity contribution >= 4 is 22.9 Å². The van der Waals surface area contributed by atoms with Gasteiger partial charge in [-0.05, 0) is 48.9 Å². The van der Waals surface area contributed by atoms with Crippen molar-refractivity contribution in [3.05, 3.63) is 64.0 Å². The maximum Gasteiger partial charge on any atom is 0.235 e. The van der Waals surface area contributed by atoms with E-state index in [0.717, 1.165) is 0 Å². The lowest BCUT2D eigenvalue weighted by Gasteiger charge is -2.11. The molecule has 0 spiro atoms. The van der Waals surface area contributed by atoms with Crippen LogP contribution in [0.15, 0.2) is 51.7 Å². The van der Waals surface area contributed by atoms with Crippen LogP contribution in [0.3, 0.4) is 0 Å². The number of carboxylic acids is 2. The van der Waals surface area contributed by atoms with Crippen molar-refractivity contribution < 1.29 is 33.7 Å². The fourth-order valence-corrected chi connectivity index (χ4v) is 2.40. The van der Waals surface area contributed by atoms with E-state index in [1.54, 1.807) is 0 Å². The van der Waals surface area contributed by atoms with E-state index in [1.807, 2.05) is 0 Å². The molecular formula is C19H12O8-2. The van der Waals surface area contributed by atoms with Gasteiger partial charge in [0.2, 0.25) is 11.2 Å². The number of carbonyl (C=O) groups excluding carboxylic acids is 2. The Kier molecular flexibility index (Phi) is 4.80. The van der Waals surface area contributed by atoms with Crippen LogP contribution in [-0.2, 0) is 4.79 Å². The van der Waals surface area contributed by atoms with Crippen molar-refractivity contribution in [2.45, 2.75) is 6.92 Å². The zero-order chi connectivity index (χ0) is 19.6. The first kappa shape index (κ1) is 18.0. The molecule has 0 radical (unpaired) electrons. The summed E-state index contributed by atoms with van der Waals surface area (Å²) in [6.45, 7) is 0.901. The molecule has 0 fully saturated rings. The molecule has 0 aliphatic rings. The molecule has 0 unspecified atom stereocenters. The van der Waals surface area contributed by atoms with Gasteiger partial charge in [0.15, 0.2) is 0 Å². The minimum Gasteiger partial charge on any atom is -0.546 e. The van der Waals surface area contributed by atoms with Gasteiger partial charge < -0.3 is 33.7 Å². The molecule has 27 heavy (non-hydrogen) atoms. The van der Waals surface area contributed by atoms with Crippen molar-refractivity contribution in [1.29, 1.82) is 0 Å². The Morgan fingerprint density at radius 2 is 1.70 bits per heavy atom. The summed E-state index contributed by atoms with van der Waals surface area (Å²) in [6, 6.07) is 9.63. The van der Waals surface area contributed by atoms with Crippen LogP contribution in [0.5, 0.6) is 17.2 Å². The number of rotatable bonds is 6. The number of aryl methyl sites for hydroxylation is 1. The number of aliphatic carboxylic acids is 1. The van der Waals surface area contributed by atoms with Crippen LogP contribution in [0.25, 0.3) is 11.0 Å². The molecule has 0 aliphatic carbocycles. The van der Waals surface area contributed by atoms with Gasteiger partial charge in [-0.2, -0.15) is 0 Å². The standard InChI is InChI=1S/C19H14O8/c1-10-18(27-12-4-2-11(3-5-12)19(23)24)17(22)14-7-6-13(8-15(14)26-10)25-9-16(20)21/h2-8H,9H2,1H3,(H,20,21)(H,23,24)/p-2. The van der Waals surface area contributed by atoms with Crippen LogP contribution >= 0.6 is 0 Å². The Bertz CT molecular complexity index is 1080. The third-order valence-corrected chi connectivity index (χ3v) is 3.65. The number of aromatic carboxylic acids is 1. The van der Waals surface area contributed by atoms with Gasteiger partial charge >= 0.3 is 0 Å². The second-order valence-corrected chi connectivity index (χ2v) is 5.55. The predicted octanol–water partition coefficient (Wildman–Crippen LogP) is 0.386. The molecule has 0 aliphatic heterocycles. The van der Waals surface area contributed by atoms with Gasteiger partial charge in [0.05, 0.1) is 17.3 Å². The molecule has 0 amide bonds. The molecule has 0 saturated carbocycles. The molecule has 0 atom stereocenters. The number of carbonyl (C=O) groups is 2. The maximum absolute atomic E-state index is 12.7. The molecule has 2 aromatic carbocycles. The van der Waals surface area contributed by atoms with Gasteiger partial charge in [-0.1, -0.05) is 0 Å². The lowest BCUT2D eigenvalue weighted by molar-refractivity contribution is -0.307. The fraction of sp³-hybridized carbons (Fsp3) is 0.105. The van der Waals surface area contributed by atoms with Gasteiger partial charge in [0.25, 0.3) is 0 Å². The SMILES string of the molecule is Cc1oc2cc(OCC(=O)[O-])ccc2c(=O)c1Oc1ccc(C(=O)[O-])cc1. The van der Waals surface area contributed by atoms with E-state index in [9.17, 15) is 24.6 Å². The Hall–Kier alpha value is -3.81. The van der Waals surface area contributed by atoms with E-state index < -0.39 is 24.0 Å². The quantitative estimate of drug-likeness (QED) is 0.611. The summed E-state index contributed by atoms with van der Waals surface area (Å²) < 4.78 is 16.1. The first-order valence-corrected chi connectivity index (χ1v) is 7.74. The number of carboxylic acid groups (broad SMARTS) is 2. The topological polar surface area (TPSA) is 129 Å². The van der Waals surface area contributed by atoms with E-state index >= 15 is 0 Å². The molecule has 1 heterocycles. The normalized spacial score (nSPS) is 10.6. The Labute approximate surface area is 152 Å². The van der Waals surface area contributed by atoms with Crippen molar-refractivity contribution in [1.82, 2.24) is 0 Å². The van der Waals surface area contributed by atoms with Crippen LogP contribution in [-0.4, -0.2) is 18.5 Å². The summed E-state index contributed by atoms with van der Waals surface area (Å²) in [5.41, 5.74) is -0.258. The van der Waals surface area contributed by atoms with Crippen LogP contribution in [0.2, 0.25) is 0 Å². The first-order chi connectivity index (χ1) is 12.8. The average molecular weight is 368 g/mol. The molecule has 138 valence electrons. The average Bonchev–Trinajstić information content (AvgIpc) is 2.63. The highest BCUT2D eigenvalue weighted by molar-refractivity contribution is 5.85. The number of fused-ring (bicyclic) bond motifs is 1. The van der Waals surface area contributed by atoms with E-state index in [2.05, 4.69) is 0 Å². The fourth-order valence-electron chi connectivity index (χ4n) is 2.40. The third kappa shape index (κ3) is 3.90. The van der Waals surface area contributed by atoms with Crippen LogP contribution in [0.1, 0.15) is 16.1 Å². The van der Waals surface area contributed by atoms with Gasteiger partial charge in [-0.25, -0.2) is 0 Å². The monoisotopic (exact) mass is 368 g/mol. The second-order valence-electron chi connectivity index (χ2n) is 5.55. The number of hydrogen-bond acceptors (Lipinski definition) is 8. The van der Waals surface area contributed by atoms with Crippen LogP contribution in [0.4, 0.5) is 0 Å². The van der Waals surface area contributed by atoms with Gasteiger partial charge in [-0.15, -0.1) is 0 Å². The van der Waals surface area contributed by atoms with Crippen LogP contribution < -0.4 is 25.1 Å². The van der Waals surface area contributed by atoms with Crippen LogP contribution in [0, 0.1) is 6.92 Å². The van der Waals surface area contributed by atoms with Gasteiger partial charge in [-0.3, -0.25) is 4.79 Å². The third-order valence-electron chi connectivity index (χ3n) is 3.65. The number of benzene rings is 2. The molecule has 0 saturated heterocycles. The van der Waals surface area contributed by atoms with Crippen molar-refractivity contribution in [3.63, 3.8) is 0 Å². The smallest absolute Gasteiger partial charge is 0.235 e. The largest absolute Gasteiger partial charge is 0.546 e. The second kappa shape index (κ2) is 7.20. The molecule has 3 aromatic rings. The van der Waals surface area contributed by atoms with E-state index in [-0.39, 0.29) is 39.5 Å². The minimum atomic E-state index is -1.37. The lowest BCUT2D eigenvalue weighted by Crippen LogP contribution is -2.28. The highest BCUT2D eigenvalue weighted by Crippen LogP contribution is 2.27. The van der Waals surface area contributed by atoms with E-state index in [0.29, 0.717) is 0 Å². The van der Waals surface area contributed by atoms with Crippen molar-refractivity contribution in [2.24, 2.45) is 0 Å². The van der Waals surface area contributed by atoms with Gasteiger partial charge in [0, 0.05) is 6.07 Å². The molecular weight excluding hydrogens is 356 g/mol. The number of hydrogen-bond donors (Lipinski definition) is 0. The Morgan fingerprint density at radius 3 is 2.33 bits per heavy atom. The molecule has 8 nitrogen and oxygen atoms in total. The zero-order valence-corrected chi connectivity index (χ0v) is 14.0. The molecule has 1 aromatic heterocycles. The highest BCUT2D eigenvalue weighted by atomic mass is 16.5. The maximum atomic E-state index is 12.7. The molecule has 8 heteroatoms. The zero-order valence-electron chi connectivity index (χ0n) is 14.0. The number of ether oxygens (including phenoxy) is 2. The summed E-state index contributed by atoms with van der Waals surface area (Å²) >= 11 is 0. The van der Waals surface area contributed by atoms with E-state index in [4.69, 9.17) is 13.9 Å². The highest BCUT2D eigenvalue weighted by Gasteiger charge is 2.14. The predicted molar refractivity (Wildman–Crippen MR) is 88.6 cm³/mol. The van der Waals surface area contributed by atoms with Crippen molar-refractivity contribution in [2.75, 3.05) is 6.61 Å². The summed E-state index contributed by atoms with van der Waals surface area (Å²) in [6.07, 6.45) is 0. The van der Waals surface area contributed by atoms with Gasteiger partial charge in [0.1, 0.15) is 29.4 Å². The summed E-state index contributed by atoms with van der Waals surface area (Å²) in [7, 11) is 0.